The Hall–Kier alpha value is -0.273. The van der Waals surface area contributed by atoms with Gasteiger partial charge in [-0.3, -0.25) is 4.79 Å². The zero-order valence-corrected chi connectivity index (χ0v) is 22.9. The molecule has 0 amide bonds. The maximum Gasteiger partial charge on any atom is 0.192 e. The third kappa shape index (κ3) is 3.33. The summed E-state index contributed by atoms with van der Waals surface area (Å²) < 4.78 is 19.2. The van der Waals surface area contributed by atoms with Crippen molar-refractivity contribution in [3.63, 3.8) is 0 Å². The molecule has 6 heteroatoms. The lowest BCUT2D eigenvalue weighted by atomic mass is 9.44. The molecule has 1 spiro atoms. The number of rotatable bonds is 2. The number of fused-ring (bicyclic) bond motifs is 6. The van der Waals surface area contributed by atoms with Crippen LogP contribution in [0.2, 0.25) is 18.1 Å². The molecule has 0 radical (unpaired) electrons. The van der Waals surface area contributed by atoms with E-state index < -0.39 is 20.2 Å². The maximum absolute atomic E-state index is 13.8. The number of Topliss-reactive ketones (excluding diaryl/α,β-unsaturated/α-hetero) is 1. The quantitative estimate of drug-likeness (QED) is 0.545. The molecule has 188 valence electrons. The highest BCUT2D eigenvalue weighted by Gasteiger charge is 2.70. The van der Waals surface area contributed by atoms with Crippen LogP contribution in [0.3, 0.4) is 0 Å². The SMILES string of the molecule is CC(C)(C)[Si](C)(C)O[C@H]1CC[C@@]2(C)[C@H](C1)C(=O)C(O)[C@@H]1[C@@H]2CC[C@@]2(C)[C@H]1CCC21OCCO1. The molecule has 1 heterocycles. The summed E-state index contributed by atoms with van der Waals surface area (Å²) in [5.74, 6) is 0.197. The minimum atomic E-state index is -1.89. The Morgan fingerprint density at radius 3 is 2.27 bits per heavy atom. The van der Waals surface area contributed by atoms with Crippen molar-refractivity contribution in [2.75, 3.05) is 13.2 Å². The molecule has 1 saturated heterocycles. The Bertz CT molecular complexity index is 799. The van der Waals surface area contributed by atoms with Crippen LogP contribution in [0, 0.1) is 34.5 Å². The van der Waals surface area contributed by atoms with Crippen LogP contribution in [-0.2, 0) is 18.7 Å². The van der Waals surface area contributed by atoms with Gasteiger partial charge in [0.2, 0.25) is 0 Å². The molecule has 5 aliphatic rings. The van der Waals surface area contributed by atoms with Crippen LogP contribution in [0.5, 0.6) is 0 Å². The number of carbonyl (C=O) groups is 1. The van der Waals surface area contributed by atoms with E-state index in [2.05, 4.69) is 47.7 Å². The van der Waals surface area contributed by atoms with Crippen molar-refractivity contribution >= 4 is 14.1 Å². The van der Waals surface area contributed by atoms with Crippen LogP contribution < -0.4 is 0 Å². The molecule has 0 aromatic rings. The summed E-state index contributed by atoms with van der Waals surface area (Å²) in [4.78, 5) is 13.8. The number of ketones is 1. The lowest BCUT2D eigenvalue weighted by Gasteiger charge is -2.62. The van der Waals surface area contributed by atoms with E-state index in [9.17, 15) is 9.90 Å². The van der Waals surface area contributed by atoms with E-state index in [1.165, 1.54) is 0 Å². The van der Waals surface area contributed by atoms with Crippen molar-refractivity contribution in [2.45, 2.75) is 116 Å². The first kappa shape index (κ1) is 24.4. The van der Waals surface area contributed by atoms with E-state index in [0.717, 1.165) is 44.9 Å². The Kier molecular flexibility index (Phi) is 5.63. The maximum atomic E-state index is 13.8. The second kappa shape index (κ2) is 7.61. The first-order valence-corrected chi connectivity index (χ1v) is 16.3. The van der Waals surface area contributed by atoms with Crippen LogP contribution in [0.25, 0.3) is 0 Å². The van der Waals surface area contributed by atoms with Crippen molar-refractivity contribution in [2.24, 2.45) is 34.5 Å². The van der Waals surface area contributed by atoms with E-state index in [0.29, 0.717) is 19.1 Å². The first-order chi connectivity index (χ1) is 15.3. The van der Waals surface area contributed by atoms with Gasteiger partial charge in [-0.1, -0.05) is 34.6 Å². The topological polar surface area (TPSA) is 65.0 Å². The zero-order chi connectivity index (χ0) is 24.0. The number of hydrogen-bond acceptors (Lipinski definition) is 5. The van der Waals surface area contributed by atoms with Crippen LogP contribution in [-0.4, -0.2) is 50.4 Å². The molecule has 1 N–H and O–H groups in total. The van der Waals surface area contributed by atoms with Crippen LogP contribution in [0.15, 0.2) is 0 Å². The number of ether oxygens (including phenoxy) is 2. The fraction of sp³-hybridized carbons (Fsp3) is 0.963. The molecule has 5 nitrogen and oxygen atoms in total. The molecule has 4 saturated carbocycles. The average molecular weight is 479 g/mol. The fourth-order valence-corrected chi connectivity index (χ4v) is 9.97. The molecule has 0 aromatic carbocycles. The minimum absolute atomic E-state index is 0.0301. The standard InChI is InChI=1S/C27H46O5Si/c1-24(2,3)33(6,7)32-17-8-11-25(4)18-9-12-26(5)19(10-13-27(26)30-14-15-31-27)21(18)23(29)22(28)20(25)16-17/h17-21,23,29H,8-16H2,1-7H3/t17-,18-,19-,20+,21+,23?,25+,26-/m0/s1. The predicted octanol–water partition coefficient (Wildman–Crippen LogP) is 5.31. The molecule has 5 rings (SSSR count). The van der Waals surface area contributed by atoms with Gasteiger partial charge >= 0.3 is 0 Å². The highest BCUT2D eigenvalue weighted by atomic mass is 28.4. The van der Waals surface area contributed by atoms with Gasteiger partial charge in [-0.05, 0) is 79.8 Å². The Morgan fingerprint density at radius 2 is 1.64 bits per heavy atom. The molecule has 8 atom stereocenters. The van der Waals surface area contributed by atoms with Gasteiger partial charge in [-0.2, -0.15) is 0 Å². The van der Waals surface area contributed by atoms with Crippen molar-refractivity contribution in [3.05, 3.63) is 0 Å². The van der Waals surface area contributed by atoms with Crippen molar-refractivity contribution in [3.8, 4) is 0 Å². The van der Waals surface area contributed by atoms with Gasteiger partial charge in [-0.25, -0.2) is 0 Å². The lowest BCUT2D eigenvalue weighted by molar-refractivity contribution is -0.253. The summed E-state index contributed by atoms with van der Waals surface area (Å²) >= 11 is 0. The number of aliphatic hydroxyl groups is 1. The van der Waals surface area contributed by atoms with Crippen LogP contribution in [0.1, 0.15) is 79.6 Å². The molecule has 1 unspecified atom stereocenters. The molecule has 0 aromatic heterocycles. The minimum Gasteiger partial charge on any atom is -0.414 e. The van der Waals surface area contributed by atoms with Gasteiger partial charge in [0.05, 0.1) is 13.2 Å². The average Bonchev–Trinajstić information content (AvgIpc) is 3.32. The smallest absolute Gasteiger partial charge is 0.192 e. The predicted molar refractivity (Wildman–Crippen MR) is 130 cm³/mol. The Balaban J connectivity index is 1.40. The van der Waals surface area contributed by atoms with Gasteiger partial charge in [0.15, 0.2) is 19.9 Å². The summed E-state index contributed by atoms with van der Waals surface area (Å²) in [7, 11) is -1.89. The Morgan fingerprint density at radius 1 is 1.00 bits per heavy atom. The lowest BCUT2D eigenvalue weighted by Crippen LogP contribution is -2.64. The van der Waals surface area contributed by atoms with E-state index in [-0.39, 0.29) is 45.5 Å². The Labute approximate surface area is 201 Å². The second-order valence-corrected chi connectivity index (χ2v) is 18.7. The number of hydrogen-bond donors (Lipinski definition) is 1. The van der Waals surface area contributed by atoms with Crippen molar-refractivity contribution < 1.29 is 23.8 Å². The summed E-state index contributed by atoms with van der Waals surface area (Å²) in [6.45, 7) is 17.4. The van der Waals surface area contributed by atoms with Gasteiger partial charge in [0.1, 0.15) is 6.10 Å². The molecule has 1 aliphatic heterocycles. The molecule has 33 heavy (non-hydrogen) atoms. The van der Waals surface area contributed by atoms with Crippen molar-refractivity contribution in [1.82, 2.24) is 0 Å². The fourth-order valence-electron chi connectivity index (χ4n) is 8.57. The number of aliphatic hydroxyl groups excluding tert-OH is 1. The van der Waals surface area contributed by atoms with E-state index in [1.54, 1.807) is 0 Å². The number of carbonyl (C=O) groups excluding carboxylic acids is 1. The summed E-state index contributed by atoms with van der Waals surface area (Å²) in [6.07, 6.45) is 6.10. The summed E-state index contributed by atoms with van der Waals surface area (Å²) in [6, 6.07) is 0. The molecular weight excluding hydrogens is 432 g/mol. The van der Waals surface area contributed by atoms with Gasteiger partial charge in [0, 0.05) is 23.9 Å². The van der Waals surface area contributed by atoms with Gasteiger partial charge < -0.3 is 19.0 Å². The molecule has 5 fully saturated rings. The third-order valence-corrected chi connectivity index (χ3v) is 16.1. The summed E-state index contributed by atoms with van der Waals surface area (Å²) in [5, 5.41) is 11.7. The largest absolute Gasteiger partial charge is 0.414 e. The van der Waals surface area contributed by atoms with Crippen LogP contribution >= 0.6 is 0 Å². The molecule has 4 aliphatic carbocycles. The molecule has 0 bridgehead atoms. The highest BCUT2D eigenvalue weighted by molar-refractivity contribution is 6.74. The normalized spacial score (nSPS) is 47.3. The monoisotopic (exact) mass is 478 g/mol. The highest BCUT2D eigenvalue weighted by Crippen LogP contribution is 2.69. The van der Waals surface area contributed by atoms with Gasteiger partial charge in [0.25, 0.3) is 0 Å². The van der Waals surface area contributed by atoms with Crippen LogP contribution in [0.4, 0.5) is 0 Å². The van der Waals surface area contributed by atoms with E-state index in [4.69, 9.17) is 13.9 Å². The first-order valence-electron chi connectivity index (χ1n) is 13.4. The van der Waals surface area contributed by atoms with E-state index in [1.807, 2.05) is 0 Å². The summed E-state index contributed by atoms with van der Waals surface area (Å²) in [5.41, 5.74) is -0.152. The van der Waals surface area contributed by atoms with Gasteiger partial charge in [-0.15, -0.1) is 0 Å². The zero-order valence-electron chi connectivity index (χ0n) is 21.9. The van der Waals surface area contributed by atoms with E-state index >= 15 is 0 Å². The molecular formula is C27H46O5Si. The van der Waals surface area contributed by atoms with Crippen molar-refractivity contribution in [1.29, 1.82) is 0 Å². The third-order valence-electron chi connectivity index (χ3n) is 11.5. The second-order valence-electron chi connectivity index (χ2n) is 13.9.